The fourth-order valence-electron chi connectivity index (χ4n) is 2.91. The van der Waals surface area contributed by atoms with Gasteiger partial charge in [0.2, 0.25) is 5.91 Å². The van der Waals surface area contributed by atoms with Crippen molar-refractivity contribution in [2.24, 2.45) is 0 Å². The highest BCUT2D eigenvalue weighted by atomic mass is 32.1. The summed E-state index contributed by atoms with van der Waals surface area (Å²) in [7, 11) is 1.56. The first-order valence-corrected chi connectivity index (χ1v) is 9.07. The van der Waals surface area contributed by atoms with E-state index < -0.39 is 0 Å². The Bertz CT molecular complexity index is 766. The fraction of sp³-hybridized carbons (Fsp3) is 0.389. The second kappa shape index (κ2) is 7.65. The Morgan fingerprint density at radius 2 is 1.84 bits per heavy atom. The zero-order valence-corrected chi connectivity index (χ0v) is 15.2. The molecule has 1 saturated heterocycles. The molecule has 0 saturated carbocycles. The molecule has 1 fully saturated rings. The number of nitrogens with zero attached hydrogens (tertiary/aromatic N) is 3. The minimum Gasteiger partial charge on any atom is -0.496 e. The standard InChI is InChI=1S/C18H21N3O3S/c1-13-19-14(12-25-13)11-17(22)20-7-9-21(10-8-20)18(23)15-5-3-4-6-16(15)24-2/h3-6,12H,7-11H2,1-2H3. The van der Waals surface area contributed by atoms with Gasteiger partial charge in [-0.15, -0.1) is 11.3 Å². The first-order chi connectivity index (χ1) is 12.1. The van der Waals surface area contributed by atoms with E-state index in [9.17, 15) is 9.59 Å². The first kappa shape index (κ1) is 17.4. The molecular formula is C18H21N3O3S. The lowest BCUT2D eigenvalue weighted by Crippen LogP contribution is -2.51. The summed E-state index contributed by atoms with van der Waals surface area (Å²) in [5.74, 6) is 0.583. The average Bonchev–Trinajstić information content (AvgIpc) is 3.06. The smallest absolute Gasteiger partial charge is 0.257 e. The van der Waals surface area contributed by atoms with Gasteiger partial charge in [0.15, 0.2) is 0 Å². The van der Waals surface area contributed by atoms with Gasteiger partial charge in [-0.25, -0.2) is 4.98 Å². The van der Waals surface area contributed by atoms with E-state index >= 15 is 0 Å². The van der Waals surface area contributed by atoms with Crippen LogP contribution in [0, 0.1) is 6.92 Å². The molecule has 132 valence electrons. The number of methoxy groups -OCH3 is 1. The molecule has 2 aromatic rings. The summed E-state index contributed by atoms with van der Waals surface area (Å²) in [6.07, 6.45) is 0.324. The number of benzene rings is 1. The van der Waals surface area contributed by atoms with Crippen LogP contribution in [-0.4, -0.2) is 59.9 Å². The van der Waals surface area contributed by atoms with E-state index in [-0.39, 0.29) is 11.8 Å². The summed E-state index contributed by atoms with van der Waals surface area (Å²) in [5.41, 5.74) is 1.38. The van der Waals surface area contributed by atoms with Crippen LogP contribution in [0.3, 0.4) is 0 Å². The van der Waals surface area contributed by atoms with E-state index in [4.69, 9.17) is 4.74 Å². The monoisotopic (exact) mass is 359 g/mol. The predicted octanol–water partition coefficient (Wildman–Crippen LogP) is 1.99. The van der Waals surface area contributed by atoms with Crippen molar-refractivity contribution in [1.29, 1.82) is 0 Å². The molecule has 0 bridgehead atoms. The Kier molecular flexibility index (Phi) is 5.33. The van der Waals surface area contributed by atoms with Crippen LogP contribution >= 0.6 is 11.3 Å². The summed E-state index contributed by atoms with van der Waals surface area (Å²) in [6, 6.07) is 7.21. The maximum absolute atomic E-state index is 12.7. The van der Waals surface area contributed by atoms with Gasteiger partial charge >= 0.3 is 0 Å². The lowest BCUT2D eigenvalue weighted by molar-refractivity contribution is -0.132. The van der Waals surface area contributed by atoms with Gasteiger partial charge < -0.3 is 14.5 Å². The summed E-state index contributed by atoms with van der Waals surface area (Å²) < 4.78 is 5.27. The van der Waals surface area contributed by atoms with Crippen molar-refractivity contribution in [3.63, 3.8) is 0 Å². The normalized spacial score (nSPS) is 14.5. The molecule has 2 heterocycles. The van der Waals surface area contributed by atoms with Crippen LogP contribution in [-0.2, 0) is 11.2 Å². The third kappa shape index (κ3) is 3.99. The minimum atomic E-state index is -0.0559. The second-order valence-corrected chi connectivity index (χ2v) is 6.97. The molecule has 3 rings (SSSR count). The van der Waals surface area contributed by atoms with Crippen LogP contribution in [0.15, 0.2) is 29.6 Å². The molecule has 1 aliphatic heterocycles. The SMILES string of the molecule is COc1ccccc1C(=O)N1CCN(C(=O)Cc2csc(C)n2)CC1. The van der Waals surface area contributed by atoms with Gasteiger partial charge in [0.25, 0.3) is 5.91 Å². The van der Waals surface area contributed by atoms with Crippen molar-refractivity contribution in [1.82, 2.24) is 14.8 Å². The molecule has 1 aromatic heterocycles. The second-order valence-electron chi connectivity index (χ2n) is 5.91. The third-order valence-electron chi connectivity index (χ3n) is 4.26. The maximum atomic E-state index is 12.7. The molecule has 1 aliphatic rings. The van der Waals surface area contributed by atoms with E-state index in [0.29, 0.717) is 43.9 Å². The van der Waals surface area contributed by atoms with Gasteiger partial charge in [0.1, 0.15) is 5.75 Å². The summed E-state index contributed by atoms with van der Waals surface area (Å²) in [6.45, 7) is 4.07. The Labute approximate surface area is 151 Å². The molecule has 0 radical (unpaired) electrons. The molecule has 0 atom stereocenters. The zero-order chi connectivity index (χ0) is 17.8. The molecule has 0 aliphatic carbocycles. The van der Waals surface area contributed by atoms with E-state index in [1.807, 2.05) is 24.4 Å². The number of carbonyl (C=O) groups excluding carboxylic acids is 2. The number of amides is 2. The zero-order valence-electron chi connectivity index (χ0n) is 14.4. The van der Waals surface area contributed by atoms with Crippen molar-refractivity contribution >= 4 is 23.2 Å². The molecule has 0 N–H and O–H groups in total. The Morgan fingerprint density at radius 3 is 2.48 bits per heavy atom. The number of ether oxygens (including phenoxy) is 1. The summed E-state index contributed by atoms with van der Waals surface area (Å²) in [5, 5.41) is 2.89. The maximum Gasteiger partial charge on any atom is 0.257 e. The predicted molar refractivity (Wildman–Crippen MR) is 96.0 cm³/mol. The van der Waals surface area contributed by atoms with Crippen LogP contribution < -0.4 is 4.74 Å². The van der Waals surface area contributed by atoms with Crippen LogP contribution in [0.4, 0.5) is 0 Å². The van der Waals surface area contributed by atoms with Crippen LogP contribution in [0.5, 0.6) is 5.75 Å². The molecule has 0 spiro atoms. The topological polar surface area (TPSA) is 62.7 Å². The van der Waals surface area contributed by atoms with Crippen molar-refractivity contribution < 1.29 is 14.3 Å². The summed E-state index contributed by atoms with van der Waals surface area (Å²) >= 11 is 1.55. The van der Waals surface area contributed by atoms with Gasteiger partial charge in [-0.05, 0) is 19.1 Å². The number of piperazine rings is 1. The lowest BCUT2D eigenvalue weighted by atomic mass is 10.1. The van der Waals surface area contributed by atoms with Crippen molar-refractivity contribution in [3.8, 4) is 5.75 Å². The highest BCUT2D eigenvalue weighted by Gasteiger charge is 2.26. The quantitative estimate of drug-likeness (QED) is 0.838. The number of hydrogen-bond donors (Lipinski definition) is 0. The fourth-order valence-corrected chi connectivity index (χ4v) is 3.52. The van der Waals surface area contributed by atoms with E-state index in [0.717, 1.165) is 10.7 Å². The molecule has 0 unspecified atom stereocenters. The number of aromatic nitrogens is 1. The third-order valence-corrected chi connectivity index (χ3v) is 5.08. The molecule has 7 heteroatoms. The highest BCUT2D eigenvalue weighted by Crippen LogP contribution is 2.20. The van der Waals surface area contributed by atoms with Gasteiger partial charge in [0, 0.05) is 31.6 Å². The Morgan fingerprint density at radius 1 is 1.16 bits per heavy atom. The molecule has 2 amide bonds. The molecule has 1 aromatic carbocycles. The van der Waals surface area contributed by atoms with Crippen LogP contribution in [0.1, 0.15) is 21.1 Å². The van der Waals surface area contributed by atoms with Gasteiger partial charge in [0.05, 0.1) is 29.8 Å². The number of aryl methyl sites for hydroxylation is 1. The highest BCUT2D eigenvalue weighted by molar-refractivity contribution is 7.09. The number of rotatable bonds is 4. The molecule has 25 heavy (non-hydrogen) atoms. The molecular weight excluding hydrogens is 338 g/mol. The average molecular weight is 359 g/mol. The Hall–Kier alpha value is -2.41. The van der Waals surface area contributed by atoms with E-state index in [1.165, 1.54) is 0 Å². The summed E-state index contributed by atoms with van der Waals surface area (Å²) in [4.78, 5) is 33.0. The van der Waals surface area contributed by atoms with Crippen LogP contribution in [0.25, 0.3) is 0 Å². The van der Waals surface area contributed by atoms with Crippen LogP contribution in [0.2, 0.25) is 0 Å². The van der Waals surface area contributed by atoms with Crippen molar-refractivity contribution in [2.45, 2.75) is 13.3 Å². The van der Waals surface area contributed by atoms with Crippen molar-refractivity contribution in [2.75, 3.05) is 33.3 Å². The van der Waals surface area contributed by atoms with E-state index in [2.05, 4.69) is 4.98 Å². The largest absolute Gasteiger partial charge is 0.496 e. The van der Waals surface area contributed by atoms with Crippen molar-refractivity contribution in [3.05, 3.63) is 45.9 Å². The number of carbonyl (C=O) groups is 2. The Balaban J connectivity index is 1.58. The number of hydrogen-bond acceptors (Lipinski definition) is 5. The van der Waals surface area contributed by atoms with Gasteiger partial charge in [-0.1, -0.05) is 12.1 Å². The van der Waals surface area contributed by atoms with Gasteiger partial charge in [-0.2, -0.15) is 0 Å². The number of para-hydroxylation sites is 1. The van der Waals surface area contributed by atoms with Gasteiger partial charge in [-0.3, -0.25) is 9.59 Å². The minimum absolute atomic E-state index is 0.0559. The number of thiazole rings is 1. The molecule has 6 nitrogen and oxygen atoms in total. The first-order valence-electron chi connectivity index (χ1n) is 8.19. The van der Waals surface area contributed by atoms with E-state index in [1.54, 1.807) is 40.4 Å². The lowest BCUT2D eigenvalue weighted by Gasteiger charge is -2.35.